The number of carbonyl (C=O) groups excluding carboxylic acids is 1. The van der Waals surface area contributed by atoms with Crippen molar-refractivity contribution in [1.29, 1.82) is 0 Å². The second kappa shape index (κ2) is 8.62. The zero-order chi connectivity index (χ0) is 20.2. The van der Waals surface area contributed by atoms with E-state index in [2.05, 4.69) is 39.9 Å². The predicted molar refractivity (Wildman–Crippen MR) is 118 cm³/mol. The van der Waals surface area contributed by atoms with Crippen LogP contribution in [0.2, 0.25) is 18.1 Å². The van der Waals surface area contributed by atoms with Crippen LogP contribution >= 0.6 is 11.6 Å². The molecular formula is C23H31ClO2Si. The van der Waals surface area contributed by atoms with Crippen molar-refractivity contribution in [2.24, 2.45) is 0 Å². The average Bonchev–Trinajstić information content (AvgIpc) is 2.58. The molecule has 1 atom stereocenters. The molecule has 0 saturated carbocycles. The van der Waals surface area contributed by atoms with Gasteiger partial charge in [0.15, 0.2) is 5.78 Å². The maximum atomic E-state index is 13.1. The van der Waals surface area contributed by atoms with Gasteiger partial charge in [-0.25, -0.2) is 0 Å². The Hall–Kier alpha value is -1.58. The summed E-state index contributed by atoms with van der Waals surface area (Å²) in [5.41, 5.74) is 2.88. The molecule has 0 aliphatic heterocycles. The number of alkyl halides is 1. The Morgan fingerprint density at radius 1 is 1.11 bits per heavy atom. The number of hydrogen-bond donors (Lipinski definition) is 0. The minimum atomic E-state index is -1.89. The summed E-state index contributed by atoms with van der Waals surface area (Å²) in [6, 6.07) is 15.7. The maximum Gasteiger partial charge on any atom is 0.250 e. The molecule has 0 aliphatic carbocycles. The van der Waals surface area contributed by atoms with Crippen molar-refractivity contribution in [3.63, 3.8) is 0 Å². The zero-order valence-electron chi connectivity index (χ0n) is 17.3. The van der Waals surface area contributed by atoms with E-state index in [0.717, 1.165) is 16.9 Å². The second-order valence-corrected chi connectivity index (χ2v) is 13.8. The summed E-state index contributed by atoms with van der Waals surface area (Å²) in [6.45, 7) is 13.1. The fourth-order valence-electron chi connectivity index (χ4n) is 2.78. The average molecular weight is 403 g/mol. The van der Waals surface area contributed by atoms with Crippen LogP contribution in [0.25, 0.3) is 0 Å². The molecular weight excluding hydrogens is 372 g/mol. The molecule has 0 bridgehead atoms. The third kappa shape index (κ3) is 5.46. The van der Waals surface area contributed by atoms with E-state index in [0.29, 0.717) is 17.9 Å². The predicted octanol–water partition coefficient (Wildman–Crippen LogP) is 6.97. The monoisotopic (exact) mass is 402 g/mol. The lowest BCUT2D eigenvalue weighted by atomic mass is 9.88. The highest BCUT2D eigenvalue weighted by atomic mass is 35.5. The summed E-state index contributed by atoms with van der Waals surface area (Å²) < 4.78 is 6.32. The van der Waals surface area contributed by atoms with Crippen molar-refractivity contribution < 1.29 is 9.22 Å². The van der Waals surface area contributed by atoms with Crippen LogP contribution in [0, 0.1) is 6.92 Å². The number of rotatable bonds is 7. The second-order valence-electron chi connectivity index (χ2n) is 8.70. The Kier molecular flexibility index (Phi) is 6.93. The molecule has 0 spiro atoms. The molecule has 146 valence electrons. The summed E-state index contributed by atoms with van der Waals surface area (Å²) in [7, 11) is -1.89. The molecule has 2 rings (SSSR count). The van der Waals surface area contributed by atoms with Gasteiger partial charge in [-0.15, -0.1) is 11.6 Å². The molecule has 0 N–H and O–H groups in total. The highest BCUT2D eigenvalue weighted by Gasteiger charge is 2.39. The highest BCUT2D eigenvalue weighted by molar-refractivity contribution is 6.74. The minimum Gasteiger partial charge on any atom is -0.544 e. The standard InChI is InChI=1S/C23H31ClO2Si/c1-17-8-7-9-19(16-17)21(14-15-24)22(25)18-10-12-20(13-11-18)26-27(5,6)23(2,3)4/h7-13,16,21H,14-15H2,1-6H3. The van der Waals surface area contributed by atoms with E-state index in [-0.39, 0.29) is 16.7 Å². The number of hydrogen-bond acceptors (Lipinski definition) is 2. The van der Waals surface area contributed by atoms with Gasteiger partial charge < -0.3 is 4.43 Å². The van der Waals surface area contributed by atoms with E-state index >= 15 is 0 Å². The first-order chi connectivity index (χ1) is 12.5. The first kappa shape index (κ1) is 21.7. The van der Waals surface area contributed by atoms with E-state index < -0.39 is 8.32 Å². The van der Waals surface area contributed by atoms with E-state index in [9.17, 15) is 4.79 Å². The quantitative estimate of drug-likeness (QED) is 0.284. The van der Waals surface area contributed by atoms with Gasteiger partial charge in [-0.05, 0) is 61.3 Å². The first-order valence-corrected chi connectivity index (χ1v) is 13.0. The molecule has 0 aliphatic rings. The number of benzene rings is 2. The summed E-state index contributed by atoms with van der Waals surface area (Å²) >= 11 is 5.99. The minimum absolute atomic E-state index is 0.111. The van der Waals surface area contributed by atoms with Crippen LogP contribution in [0.4, 0.5) is 0 Å². The molecule has 2 aromatic rings. The molecule has 0 fully saturated rings. The van der Waals surface area contributed by atoms with Gasteiger partial charge in [0.1, 0.15) is 5.75 Å². The summed E-state index contributed by atoms with van der Waals surface area (Å²) in [4.78, 5) is 13.1. The Balaban J connectivity index is 2.23. The lowest BCUT2D eigenvalue weighted by Gasteiger charge is -2.36. The van der Waals surface area contributed by atoms with Crippen LogP contribution in [-0.4, -0.2) is 20.0 Å². The van der Waals surface area contributed by atoms with Crippen molar-refractivity contribution in [2.45, 2.75) is 58.2 Å². The van der Waals surface area contributed by atoms with Crippen LogP contribution < -0.4 is 4.43 Å². The lowest BCUT2D eigenvalue weighted by molar-refractivity contribution is 0.0957. The van der Waals surface area contributed by atoms with Gasteiger partial charge >= 0.3 is 0 Å². The Morgan fingerprint density at radius 3 is 2.26 bits per heavy atom. The largest absolute Gasteiger partial charge is 0.544 e. The van der Waals surface area contributed by atoms with E-state index in [4.69, 9.17) is 16.0 Å². The Bertz CT molecular complexity index is 776. The molecule has 0 saturated heterocycles. The third-order valence-electron chi connectivity index (χ3n) is 5.48. The van der Waals surface area contributed by atoms with Gasteiger partial charge in [0.25, 0.3) is 0 Å². The topological polar surface area (TPSA) is 26.3 Å². The van der Waals surface area contributed by atoms with Crippen LogP contribution in [-0.2, 0) is 0 Å². The zero-order valence-corrected chi connectivity index (χ0v) is 19.1. The SMILES string of the molecule is Cc1cccc(C(CCCl)C(=O)c2ccc(O[Si](C)(C)C(C)(C)C)cc2)c1. The van der Waals surface area contributed by atoms with E-state index in [1.165, 1.54) is 0 Å². The van der Waals surface area contributed by atoms with E-state index in [1.807, 2.05) is 49.4 Å². The molecule has 0 amide bonds. The summed E-state index contributed by atoms with van der Waals surface area (Å²) in [5.74, 6) is 1.19. The number of carbonyl (C=O) groups is 1. The summed E-state index contributed by atoms with van der Waals surface area (Å²) in [6.07, 6.45) is 0.631. The van der Waals surface area contributed by atoms with E-state index in [1.54, 1.807) is 0 Å². The van der Waals surface area contributed by atoms with Crippen LogP contribution in [0.1, 0.15) is 54.6 Å². The smallest absolute Gasteiger partial charge is 0.250 e. The van der Waals surface area contributed by atoms with Gasteiger partial charge in [0, 0.05) is 17.4 Å². The van der Waals surface area contributed by atoms with Crippen LogP contribution in [0.15, 0.2) is 48.5 Å². The number of aryl methyl sites for hydroxylation is 1. The molecule has 0 aromatic heterocycles. The van der Waals surface area contributed by atoms with Gasteiger partial charge in [0.2, 0.25) is 8.32 Å². The third-order valence-corrected chi connectivity index (χ3v) is 10.1. The fourth-order valence-corrected chi connectivity index (χ4v) is 4.03. The van der Waals surface area contributed by atoms with Gasteiger partial charge in [-0.2, -0.15) is 0 Å². The number of halogens is 1. The highest BCUT2D eigenvalue weighted by Crippen LogP contribution is 2.37. The molecule has 27 heavy (non-hydrogen) atoms. The normalized spacial score (nSPS) is 13.3. The molecule has 1 unspecified atom stereocenters. The van der Waals surface area contributed by atoms with Crippen LogP contribution in [0.3, 0.4) is 0 Å². The van der Waals surface area contributed by atoms with Crippen LogP contribution in [0.5, 0.6) is 5.75 Å². The van der Waals surface area contributed by atoms with Crippen molar-refractivity contribution in [3.8, 4) is 5.75 Å². The number of ketones is 1. The number of Topliss-reactive ketones (excluding diaryl/α,β-unsaturated/α-hetero) is 1. The first-order valence-electron chi connectivity index (χ1n) is 9.51. The molecule has 0 radical (unpaired) electrons. The van der Waals surface area contributed by atoms with Gasteiger partial charge in [0.05, 0.1) is 0 Å². The van der Waals surface area contributed by atoms with Crippen molar-refractivity contribution >= 4 is 25.7 Å². The van der Waals surface area contributed by atoms with Crippen molar-refractivity contribution in [2.75, 3.05) is 5.88 Å². The fraction of sp³-hybridized carbons (Fsp3) is 0.435. The Labute approximate surface area is 170 Å². The lowest BCUT2D eigenvalue weighted by Crippen LogP contribution is -2.43. The molecule has 4 heteroatoms. The van der Waals surface area contributed by atoms with Crippen molar-refractivity contribution in [3.05, 3.63) is 65.2 Å². The van der Waals surface area contributed by atoms with Gasteiger partial charge in [-0.3, -0.25) is 4.79 Å². The molecule has 2 nitrogen and oxygen atoms in total. The van der Waals surface area contributed by atoms with Gasteiger partial charge in [-0.1, -0.05) is 50.6 Å². The summed E-state index contributed by atoms with van der Waals surface area (Å²) in [5, 5.41) is 0.137. The molecule has 0 heterocycles. The maximum absolute atomic E-state index is 13.1. The van der Waals surface area contributed by atoms with Crippen molar-refractivity contribution in [1.82, 2.24) is 0 Å². The Morgan fingerprint density at radius 2 is 1.74 bits per heavy atom. The molecule has 2 aromatic carbocycles.